The van der Waals surface area contributed by atoms with E-state index in [9.17, 15) is 9.59 Å². The van der Waals surface area contributed by atoms with Gasteiger partial charge in [-0.2, -0.15) is 0 Å². The zero-order valence-corrected chi connectivity index (χ0v) is 13.5. The molecule has 1 unspecified atom stereocenters. The van der Waals surface area contributed by atoms with Crippen LogP contribution in [-0.4, -0.2) is 37.5 Å². The van der Waals surface area contributed by atoms with Gasteiger partial charge in [-0.1, -0.05) is 6.07 Å². The van der Waals surface area contributed by atoms with Crippen molar-refractivity contribution in [2.75, 3.05) is 19.6 Å². The summed E-state index contributed by atoms with van der Waals surface area (Å²) in [6.07, 6.45) is 3.56. The molecule has 1 aliphatic rings. The third kappa shape index (κ3) is 6.46. The van der Waals surface area contributed by atoms with E-state index in [1.165, 1.54) is 11.3 Å². The molecule has 0 aliphatic carbocycles. The van der Waals surface area contributed by atoms with Crippen LogP contribution in [0.25, 0.3) is 0 Å². The maximum absolute atomic E-state index is 11.6. The minimum atomic E-state index is -0.0403. The molecule has 5 nitrogen and oxygen atoms in total. The summed E-state index contributed by atoms with van der Waals surface area (Å²) in [7, 11) is 0. The topological polar surface area (TPSA) is 70.2 Å². The molecule has 0 saturated carbocycles. The van der Waals surface area contributed by atoms with Gasteiger partial charge in [-0.25, -0.2) is 0 Å². The number of nitrogens with one attached hydrogen (secondary N) is 3. The Labute approximate surface area is 135 Å². The molecule has 1 atom stereocenters. The summed E-state index contributed by atoms with van der Waals surface area (Å²) in [6.45, 7) is 2.21. The van der Waals surface area contributed by atoms with Crippen molar-refractivity contribution in [3.05, 3.63) is 22.4 Å². The smallest absolute Gasteiger partial charge is 0.261 e. The quantitative estimate of drug-likeness (QED) is 0.664. The molecule has 2 heterocycles. The highest BCUT2D eigenvalue weighted by Crippen LogP contribution is 2.08. The predicted octanol–water partition coefficient (Wildman–Crippen LogP) is 1.55. The molecule has 0 aromatic carbocycles. The summed E-state index contributed by atoms with van der Waals surface area (Å²) in [5, 5.41) is 10.9. The highest BCUT2D eigenvalue weighted by molar-refractivity contribution is 7.12. The lowest BCUT2D eigenvalue weighted by molar-refractivity contribution is -0.121. The largest absolute Gasteiger partial charge is 0.356 e. The summed E-state index contributed by atoms with van der Waals surface area (Å²) >= 11 is 1.43. The van der Waals surface area contributed by atoms with E-state index in [1.54, 1.807) is 6.07 Å². The lowest BCUT2D eigenvalue weighted by Gasteiger charge is -2.10. The van der Waals surface area contributed by atoms with Crippen molar-refractivity contribution >= 4 is 35.6 Å². The number of amides is 2. The van der Waals surface area contributed by atoms with Crippen molar-refractivity contribution in [3.8, 4) is 0 Å². The van der Waals surface area contributed by atoms with Crippen LogP contribution in [-0.2, 0) is 4.79 Å². The summed E-state index contributed by atoms with van der Waals surface area (Å²) in [5.74, 6) is 0.0514. The fourth-order valence-corrected chi connectivity index (χ4v) is 2.88. The van der Waals surface area contributed by atoms with Crippen LogP contribution >= 0.6 is 23.7 Å². The summed E-state index contributed by atoms with van der Waals surface area (Å²) in [5.41, 5.74) is 0. The SMILES string of the molecule is Cl.O=C(CC1CCCN1)NCCCNC(=O)c1cccs1. The Morgan fingerprint density at radius 3 is 2.81 bits per heavy atom. The van der Waals surface area contributed by atoms with Crippen LogP contribution in [0.1, 0.15) is 35.4 Å². The number of halogens is 1. The number of hydrogen-bond acceptors (Lipinski definition) is 4. The van der Waals surface area contributed by atoms with Crippen LogP contribution in [0.15, 0.2) is 17.5 Å². The second kappa shape index (κ2) is 9.76. The first-order valence-corrected chi connectivity index (χ1v) is 7.95. The molecule has 0 bridgehead atoms. The maximum atomic E-state index is 11.6. The van der Waals surface area contributed by atoms with Crippen LogP contribution in [0.3, 0.4) is 0 Å². The Morgan fingerprint density at radius 1 is 1.33 bits per heavy atom. The Hall–Kier alpha value is -1.11. The highest BCUT2D eigenvalue weighted by atomic mass is 35.5. The molecule has 1 aliphatic heterocycles. The minimum Gasteiger partial charge on any atom is -0.356 e. The van der Waals surface area contributed by atoms with E-state index >= 15 is 0 Å². The van der Waals surface area contributed by atoms with E-state index in [1.807, 2.05) is 11.4 Å². The minimum absolute atomic E-state index is 0. The highest BCUT2D eigenvalue weighted by Gasteiger charge is 2.17. The molecular formula is C14H22ClN3O2S. The van der Waals surface area contributed by atoms with E-state index in [0.29, 0.717) is 25.6 Å². The lowest BCUT2D eigenvalue weighted by Crippen LogP contribution is -2.33. The molecule has 21 heavy (non-hydrogen) atoms. The fourth-order valence-electron chi connectivity index (χ4n) is 2.24. The summed E-state index contributed by atoms with van der Waals surface area (Å²) in [6, 6.07) is 4.00. The first-order chi connectivity index (χ1) is 9.75. The first-order valence-electron chi connectivity index (χ1n) is 7.07. The molecule has 3 N–H and O–H groups in total. The molecule has 0 radical (unpaired) electrons. The van der Waals surface area contributed by atoms with E-state index in [4.69, 9.17) is 0 Å². The molecule has 118 valence electrons. The Balaban J connectivity index is 0.00000220. The lowest BCUT2D eigenvalue weighted by atomic mass is 10.1. The molecule has 7 heteroatoms. The number of carbonyl (C=O) groups excluding carboxylic acids is 2. The van der Waals surface area contributed by atoms with Crippen molar-refractivity contribution in [1.82, 2.24) is 16.0 Å². The molecule has 1 aromatic heterocycles. The van der Waals surface area contributed by atoms with Gasteiger partial charge in [-0.15, -0.1) is 23.7 Å². The maximum Gasteiger partial charge on any atom is 0.261 e. The molecule has 0 spiro atoms. The van der Waals surface area contributed by atoms with Crippen molar-refractivity contribution < 1.29 is 9.59 Å². The van der Waals surface area contributed by atoms with Gasteiger partial charge in [0.25, 0.3) is 5.91 Å². The van der Waals surface area contributed by atoms with Gasteiger partial charge in [0.1, 0.15) is 0 Å². The summed E-state index contributed by atoms with van der Waals surface area (Å²) < 4.78 is 0. The third-order valence-corrected chi connectivity index (χ3v) is 4.17. The fraction of sp³-hybridized carbons (Fsp3) is 0.571. The van der Waals surface area contributed by atoms with Gasteiger partial charge in [-0.3, -0.25) is 9.59 Å². The normalized spacial score (nSPS) is 17.0. The predicted molar refractivity (Wildman–Crippen MR) is 87.2 cm³/mol. The number of rotatable bonds is 7. The van der Waals surface area contributed by atoms with Gasteiger partial charge in [-0.05, 0) is 37.3 Å². The van der Waals surface area contributed by atoms with Gasteiger partial charge >= 0.3 is 0 Å². The Morgan fingerprint density at radius 2 is 2.14 bits per heavy atom. The van der Waals surface area contributed by atoms with Gasteiger partial charge in [0, 0.05) is 25.6 Å². The van der Waals surface area contributed by atoms with Crippen molar-refractivity contribution in [2.45, 2.75) is 31.7 Å². The van der Waals surface area contributed by atoms with Crippen LogP contribution in [0.5, 0.6) is 0 Å². The van der Waals surface area contributed by atoms with Crippen molar-refractivity contribution in [3.63, 3.8) is 0 Å². The van der Waals surface area contributed by atoms with Crippen LogP contribution in [0, 0.1) is 0 Å². The Kier molecular flexibility index (Phi) is 8.34. The molecule has 2 rings (SSSR count). The van der Waals surface area contributed by atoms with E-state index in [-0.39, 0.29) is 24.2 Å². The van der Waals surface area contributed by atoms with Crippen LogP contribution in [0.2, 0.25) is 0 Å². The summed E-state index contributed by atoms with van der Waals surface area (Å²) in [4.78, 5) is 24.0. The van der Waals surface area contributed by atoms with Crippen molar-refractivity contribution in [2.24, 2.45) is 0 Å². The number of hydrogen-bond donors (Lipinski definition) is 3. The number of thiophene rings is 1. The second-order valence-electron chi connectivity index (χ2n) is 4.93. The van der Waals surface area contributed by atoms with Crippen LogP contribution in [0.4, 0.5) is 0 Å². The van der Waals surface area contributed by atoms with Gasteiger partial charge in [0.15, 0.2) is 0 Å². The van der Waals surface area contributed by atoms with E-state index < -0.39 is 0 Å². The van der Waals surface area contributed by atoms with E-state index in [0.717, 1.165) is 30.7 Å². The average Bonchev–Trinajstić information content (AvgIpc) is 3.10. The van der Waals surface area contributed by atoms with Gasteiger partial charge < -0.3 is 16.0 Å². The number of carbonyl (C=O) groups is 2. The molecule has 1 fully saturated rings. The second-order valence-corrected chi connectivity index (χ2v) is 5.88. The van der Waals surface area contributed by atoms with Crippen molar-refractivity contribution in [1.29, 1.82) is 0 Å². The van der Waals surface area contributed by atoms with Crippen LogP contribution < -0.4 is 16.0 Å². The Bertz CT molecular complexity index is 433. The first kappa shape index (κ1) is 17.9. The van der Waals surface area contributed by atoms with Gasteiger partial charge in [0.2, 0.25) is 5.91 Å². The average molecular weight is 332 g/mol. The van der Waals surface area contributed by atoms with E-state index in [2.05, 4.69) is 16.0 Å². The van der Waals surface area contributed by atoms with Gasteiger partial charge in [0.05, 0.1) is 4.88 Å². The molecule has 2 amide bonds. The molecular weight excluding hydrogens is 310 g/mol. The standard InChI is InChI=1S/C14H21N3O2S.ClH/c18-13(10-11-4-1-6-15-11)16-7-3-8-17-14(19)12-5-2-9-20-12;/h2,5,9,11,15H,1,3-4,6-8,10H2,(H,16,18)(H,17,19);1H. The zero-order chi connectivity index (χ0) is 14.2. The molecule has 1 saturated heterocycles. The zero-order valence-electron chi connectivity index (χ0n) is 11.9. The third-order valence-electron chi connectivity index (χ3n) is 3.30. The molecule has 1 aromatic rings. The monoisotopic (exact) mass is 331 g/mol.